The summed E-state index contributed by atoms with van der Waals surface area (Å²) in [6.07, 6.45) is 0. The van der Waals surface area contributed by atoms with E-state index in [9.17, 15) is 13.2 Å². The summed E-state index contributed by atoms with van der Waals surface area (Å²) in [5.41, 5.74) is 0.917. The zero-order valence-electron chi connectivity index (χ0n) is 13.8. The Bertz CT molecular complexity index is 1200. The molecule has 0 saturated heterocycles. The number of hydrogen-bond donors (Lipinski definition) is 2. The monoisotopic (exact) mass is 425 g/mol. The SMILES string of the molecule is Cc1[nH]n(-c2ccc(Cl)cc2Cl)c(=O)c1N=Nc1ccc(S(N)(=O)=O)cc1. The van der Waals surface area contributed by atoms with Crippen LogP contribution in [-0.2, 0) is 10.0 Å². The van der Waals surface area contributed by atoms with Crippen molar-refractivity contribution in [2.45, 2.75) is 11.8 Å². The molecule has 2 aromatic carbocycles. The van der Waals surface area contributed by atoms with E-state index in [1.54, 1.807) is 19.1 Å². The van der Waals surface area contributed by atoms with E-state index in [0.717, 1.165) is 0 Å². The molecular weight excluding hydrogens is 413 g/mol. The molecule has 3 rings (SSSR count). The van der Waals surface area contributed by atoms with Crippen molar-refractivity contribution in [2.75, 3.05) is 0 Å². The number of H-pyrrole nitrogens is 1. The maximum absolute atomic E-state index is 12.6. The van der Waals surface area contributed by atoms with Crippen LogP contribution in [0.5, 0.6) is 0 Å². The highest BCUT2D eigenvalue weighted by atomic mass is 35.5. The Morgan fingerprint density at radius 2 is 1.74 bits per heavy atom. The van der Waals surface area contributed by atoms with Crippen molar-refractivity contribution in [1.82, 2.24) is 9.78 Å². The van der Waals surface area contributed by atoms with Gasteiger partial charge in [-0.05, 0) is 49.4 Å². The lowest BCUT2D eigenvalue weighted by atomic mass is 10.3. The van der Waals surface area contributed by atoms with Gasteiger partial charge in [0, 0.05) is 5.02 Å². The summed E-state index contributed by atoms with van der Waals surface area (Å²) in [5, 5.41) is 16.6. The molecule has 3 aromatic rings. The molecule has 3 N–H and O–H groups in total. The van der Waals surface area contributed by atoms with E-state index < -0.39 is 15.6 Å². The first-order valence-corrected chi connectivity index (χ1v) is 9.78. The number of aromatic nitrogens is 2. The van der Waals surface area contributed by atoms with Crippen molar-refractivity contribution < 1.29 is 8.42 Å². The second-order valence-corrected chi connectivity index (χ2v) is 7.97. The number of nitrogens with one attached hydrogen (secondary N) is 1. The maximum atomic E-state index is 12.6. The molecule has 1 aromatic heterocycles. The molecule has 0 fully saturated rings. The Hall–Kier alpha value is -2.46. The molecule has 0 atom stereocenters. The van der Waals surface area contributed by atoms with Gasteiger partial charge in [0.1, 0.15) is 0 Å². The number of aryl methyl sites for hydroxylation is 1. The van der Waals surface area contributed by atoms with Gasteiger partial charge in [-0.25, -0.2) is 18.2 Å². The summed E-state index contributed by atoms with van der Waals surface area (Å²) < 4.78 is 23.8. The van der Waals surface area contributed by atoms with Crippen LogP contribution in [-0.4, -0.2) is 18.2 Å². The van der Waals surface area contributed by atoms with Crippen LogP contribution in [0, 0.1) is 6.92 Å². The first-order valence-electron chi connectivity index (χ1n) is 7.48. The lowest BCUT2D eigenvalue weighted by molar-refractivity contribution is 0.598. The third-order valence-corrected chi connectivity index (χ3v) is 5.09. The topological polar surface area (TPSA) is 123 Å². The van der Waals surface area contributed by atoms with Gasteiger partial charge in [-0.2, -0.15) is 5.11 Å². The number of sulfonamides is 1. The summed E-state index contributed by atoms with van der Waals surface area (Å²) in [7, 11) is -3.79. The van der Waals surface area contributed by atoms with Gasteiger partial charge in [0.2, 0.25) is 10.0 Å². The zero-order valence-corrected chi connectivity index (χ0v) is 16.2. The Morgan fingerprint density at radius 1 is 1.07 bits per heavy atom. The first kappa shape index (κ1) is 19.3. The molecule has 0 amide bonds. The maximum Gasteiger partial charge on any atom is 0.299 e. The van der Waals surface area contributed by atoms with Crippen molar-refractivity contribution >= 4 is 44.6 Å². The number of rotatable bonds is 4. The van der Waals surface area contributed by atoms with Crippen molar-refractivity contribution in [1.29, 1.82) is 0 Å². The van der Waals surface area contributed by atoms with Gasteiger partial charge in [-0.1, -0.05) is 23.2 Å². The molecule has 1 heterocycles. The van der Waals surface area contributed by atoms with Crippen molar-refractivity contribution in [3.63, 3.8) is 0 Å². The lowest BCUT2D eigenvalue weighted by Crippen LogP contribution is -2.14. The molecule has 0 bridgehead atoms. The average molecular weight is 426 g/mol. The van der Waals surface area contributed by atoms with Crippen LogP contribution in [0.1, 0.15) is 5.69 Å². The number of primary sulfonamides is 1. The van der Waals surface area contributed by atoms with Crippen LogP contribution in [0.15, 0.2) is 62.4 Å². The Morgan fingerprint density at radius 3 is 2.33 bits per heavy atom. The van der Waals surface area contributed by atoms with Gasteiger partial charge in [-0.3, -0.25) is 9.89 Å². The molecule has 0 aliphatic heterocycles. The van der Waals surface area contributed by atoms with Gasteiger partial charge in [0.15, 0.2) is 5.69 Å². The minimum absolute atomic E-state index is 0.0426. The fourth-order valence-electron chi connectivity index (χ4n) is 2.30. The van der Waals surface area contributed by atoms with Crippen LogP contribution in [0.4, 0.5) is 11.4 Å². The predicted octanol–water partition coefficient (Wildman–Crippen LogP) is 3.84. The molecule has 0 radical (unpaired) electrons. The van der Waals surface area contributed by atoms with Gasteiger partial charge in [0.05, 0.1) is 27.0 Å². The zero-order chi connectivity index (χ0) is 19.8. The molecule has 11 heteroatoms. The highest BCUT2D eigenvalue weighted by Crippen LogP contribution is 2.25. The van der Waals surface area contributed by atoms with E-state index >= 15 is 0 Å². The molecule has 140 valence electrons. The number of nitrogens with zero attached hydrogens (tertiary/aromatic N) is 3. The van der Waals surface area contributed by atoms with Crippen LogP contribution < -0.4 is 10.7 Å². The molecular formula is C16H13Cl2N5O3S. The van der Waals surface area contributed by atoms with Crippen LogP contribution in [0.2, 0.25) is 10.0 Å². The van der Waals surface area contributed by atoms with Crippen LogP contribution >= 0.6 is 23.2 Å². The van der Waals surface area contributed by atoms with Gasteiger partial charge < -0.3 is 0 Å². The van der Waals surface area contributed by atoms with Crippen molar-refractivity contribution in [3.8, 4) is 5.69 Å². The Balaban J connectivity index is 1.95. The number of benzene rings is 2. The predicted molar refractivity (Wildman–Crippen MR) is 103 cm³/mol. The molecule has 8 nitrogen and oxygen atoms in total. The third-order valence-electron chi connectivity index (χ3n) is 3.62. The van der Waals surface area contributed by atoms with Crippen molar-refractivity contribution in [3.05, 3.63) is 68.6 Å². The second-order valence-electron chi connectivity index (χ2n) is 5.56. The Kier molecular flexibility index (Phi) is 5.20. The molecule has 0 unspecified atom stereocenters. The smallest absolute Gasteiger partial charge is 0.293 e. The van der Waals surface area contributed by atoms with E-state index in [-0.39, 0.29) is 10.6 Å². The summed E-state index contributed by atoms with van der Waals surface area (Å²) in [6, 6.07) is 10.2. The van der Waals surface area contributed by atoms with Crippen molar-refractivity contribution in [2.24, 2.45) is 15.4 Å². The summed E-state index contributed by atoms with van der Waals surface area (Å²) >= 11 is 12.0. The Labute approximate surface area is 164 Å². The minimum atomic E-state index is -3.79. The highest BCUT2D eigenvalue weighted by molar-refractivity contribution is 7.89. The first-order chi connectivity index (χ1) is 12.7. The molecule has 0 saturated carbocycles. The molecule has 27 heavy (non-hydrogen) atoms. The highest BCUT2D eigenvalue weighted by Gasteiger charge is 2.14. The van der Waals surface area contributed by atoms with E-state index in [1.807, 2.05) is 0 Å². The van der Waals surface area contributed by atoms with E-state index in [0.29, 0.717) is 27.1 Å². The van der Waals surface area contributed by atoms with Gasteiger partial charge in [0.25, 0.3) is 5.56 Å². The lowest BCUT2D eigenvalue weighted by Gasteiger charge is -2.04. The number of halogens is 2. The molecule has 0 aliphatic carbocycles. The molecule has 0 aliphatic rings. The number of aromatic amines is 1. The fourth-order valence-corrected chi connectivity index (χ4v) is 3.31. The van der Waals surface area contributed by atoms with Gasteiger partial charge >= 0.3 is 0 Å². The summed E-state index contributed by atoms with van der Waals surface area (Å²) in [4.78, 5) is 12.6. The standard InChI is InChI=1S/C16H13Cl2N5O3S/c1-9-15(21-20-11-3-5-12(6-4-11)27(19,25)26)16(24)23(22-9)14-7-2-10(17)8-13(14)18/h2-8,22H,1H3,(H2,19,25,26). The minimum Gasteiger partial charge on any atom is -0.293 e. The normalized spacial score (nSPS) is 12.0. The second kappa shape index (κ2) is 7.28. The van der Waals surface area contributed by atoms with Gasteiger partial charge in [-0.15, -0.1) is 5.11 Å². The number of nitrogens with two attached hydrogens (primary N) is 1. The number of hydrogen-bond acceptors (Lipinski definition) is 5. The van der Waals surface area contributed by atoms with Crippen LogP contribution in [0.25, 0.3) is 5.69 Å². The van der Waals surface area contributed by atoms with E-state index in [1.165, 1.54) is 35.0 Å². The molecule has 0 spiro atoms. The van der Waals surface area contributed by atoms with E-state index in [2.05, 4.69) is 15.3 Å². The summed E-state index contributed by atoms with van der Waals surface area (Å²) in [5.74, 6) is 0. The average Bonchev–Trinajstić information content (AvgIpc) is 2.87. The third kappa shape index (κ3) is 4.11. The van der Waals surface area contributed by atoms with Crippen LogP contribution in [0.3, 0.4) is 0 Å². The summed E-state index contributed by atoms with van der Waals surface area (Å²) in [6.45, 7) is 1.67. The largest absolute Gasteiger partial charge is 0.299 e. The fraction of sp³-hybridized carbons (Fsp3) is 0.0625. The quantitative estimate of drug-likeness (QED) is 0.616. The van der Waals surface area contributed by atoms with E-state index in [4.69, 9.17) is 28.3 Å². The number of azo groups is 1.